The number of nitrogens with zero attached hydrogens (tertiary/aromatic N) is 1. The van der Waals surface area contributed by atoms with Crippen LogP contribution in [0.3, 0.4) is 0 Å². The molecule has 1 aliphatic heterocycles. The van der Waals surface area contributed by atoms with Crippen molar-refractivity contribution in [2.45, 2.75) is 12.6 Å². The smallest absolute Gasteiger partial charge is 0.0589 e. The number of rotatable bonds is 4. The topological polar surface area (TPSA) is 24.5 Å². The quantitative estimate of drug-likeness (QED) is 0.830. The lowest BCUT2D eigenvalue weighted by atomic mass is 9.96. The highest BCUT2D eigenvalue weighted by molar-refractivity contribution is 5.32. The number of fused-ring (bicyclic) bond motifs is 1. The second-order valence-electron chi connectivity index (χ2n) is 4.32. The van der Waals surface area contributed by atoms with Crippen molar-refractivity contribution in [3.8, 4) is 0 Å². The molecule has 3 nitrogen and oxygen atoms in total. The largest absolute Gasteiger partial charge is 0.383 e. The molecule has 0 aliphatic carbocycles. The first-order chi connectivity index (χ1) is 7.83. The summed E-state index contributed by atoms with van der Waals surface area (Å²) in [6.45, 7) is 3.77. The molecule has 1 heterocycles. The number of methoxy groups -OCH3 is 1. The maximum absolute atomic E-state index is 5.13. The van der Waals surface area contributed by atoms with E-state index < -0.39 is 0 Å². The Morgan fingerprint density at radius 3 is 3.06 bits per heavy atom. The molecule has 1 atom stereocenters. The average molecular weight is 220 g/mol. The van der Waals surface area contributed by atoms with Crippen molar-refractivity contribution in [1.29, 1.82) is 0 Å². The Hall–Kier alpha value is -0.900. The van der Waals surface area contributed by atoms with Gasteiger partial charge in [0.05, 0.1) is 6.61 Å². The summed E-state index contributed by atoms with van der Waals surface area (Å²) in [5.41, 5.74) is 2.88. The fourth-order valence-electron chi connectivity index (χ4n) is 2.26. The van der Waals surface area contributed by atoms with Gasteiger partial charge in [0.1, 0.15) is 0 Å². The van der Waals surface area contributed by atoms with Crippen LogP contribution >= 0.6 is 0 Å². The van der Waals surface area contributed by atoms with E-state index in [4.69, 9.17) is 4.74 Å². The van der Waals surface area contributed by atoms with Crippen LogP contribution in [0.4, 0.5) is 0 Å². The van der Waals surface area contributed by atoms with E-state index in [1.54, 1.807) is 7.11 Å². The molecule has 0 saturated heterocycles. The third-order valence-electron chi connectivity index (χ3n) is 3.25. The average Bonchev–Trinajstić information content (AvgIpc) is 2.35. The van der Waals surface area contributed by atoms with E-state index in [1.165, 1.54) is 11.1 Å². The van der Waals surface area contributed by atoms with Gasteiger partial charge in [-0.05, 0) is 18.2 Å². The molecule has 88 valence electrons. The van der Waals surface area contributed by atoms with Crippen molar-refractivity contribution in [2.75, 3.05) is 33.9 Å². The summed E-state index contributed by atoms with van der Waals surface area (Å²) in [4.78, 5) is 2.36. The van der Waals surface area contributed by atoms with Crippen LogP contribution in [0.5, 0.6) is 0 Å². The number of ether oxygens (including phenoxy) is 1. The van der Waals surface area contributed by atoms with Gasteiger partial charge in [-0.3, -0.25) is 4.90 Å². The van der Waals surface area contributed by atoms with E-state index in [0.29, 0.717) is 6.04 Å². The second kappa shape index (κ2) is 5.43. The van der Waals surface area contributed by atoms with Gasteiger partial charge in [0.25, 0.3) is 0 Å². The van der Waals surface area contributed by atoms with Gasteiger partial charge in [-0.25, -0.2) is 0 Å². The van der Waals surface area contributed by atoms with Crippen LogP contribution in [0.2, 0.25) is 0 Å². The number of hydrogen-bond donors (Lipinski definition) is 1. The SMILES string of the molecule is COCCN(C)C1CNCc2ccccc21. The minimum absolute atomic E-state index is 0.472. The van der Waals surface area contributed by atoms with E-state index in [-0.39, 0.29) is 0 Å². The molecular weight excluding hydrogens is 200 g/mol. The van der Waals surface area contributed by atoms with Crippen LogP contribution in [-0.2, 0) is 11.3 Å². The Balaban J connectivity index is 2.12. The molecule has 0 radical (unpaired) electrons. The van der Waals surface area contributed by atoms with Crippen LogP contribution in [0.25, 0.3) is 0 Å². The molecular formula is C13H20N2O. The molecule has 0 saturated carbocycles. The van der Waals surface area contributed by atoms with Crippen molar-refractivity contribution < 1.29 is 4.74 Å². The fraction of sp³-hybridized carbons (Fsp3) is 0.538. The summed E-state index contributed by atoms with van der Waals surface area (Å²) in [5.74, 6) is 0. The predicted octanol–water partition coefficient (Wildman–Crippen LogP) is 1.41. The molecule has 0 aromatic heterocycles. The number of likely N-dealkylation sites (N-methyl/N-ethyl adjacent to an activating group) is 1. The maximum Gasteiger partial charge on any atom is 0.0589 e. The van der Waals surface area contributed by atoms with Gasteiger partial charge in [-0.15, -0.1) is 0 Å². The summed E-state index contributed by atoms with van der Waals surface area (Å²) in [6.07, 6.45) is 0. The highest BCUT2D eigenvalue weighted by Gasteiger charge is 2.22. The van der Waals surface area contributed by atoms with E-state index in [2.05, 4.69) is 41.5 Å². The van der Waals surface area contributed by atoms with Gasteiger partial charge >= 0.3 is 0 Å². The van der Waals surface area contributed by atoms with Gasteiger partial charge in [-0.2, -0.15) is 0 Å². The van der Waals surface area contributed by atoms with Gasteiger partial charge < -0.3 is 10.1 Å². The Morgan fingerprint density at radius 1 is 1.44 bits per heavy atom. The van der Waals surface area contributed by atoms with Crippen LogP contribution < -0.4 is 5.32 Å². The Labute approximate surface area is 97.4 Å². The summed E-state index contributed by atoms with van der Waals surface area (Å²) >= 11 is 0. The normalized spacial score (nSPS) is 19.8. The van der Waals surface area contributed by atoms with E-state index >= 15 is 0 Å². The molecule has 1 aromatic carbocycles. The molecule has 1 unspecified atom stereocenters. The van der Waals surface area contributed by atoms with Crippen molar-refractivity contribution in [1.82, 2.24) is 10.2 Å². The zero-order valence-corrected chi connectivity index (χ0v) is 10.1. The Bertz CT molecular complexity index is 340. The Kier molecular flexibility index (Phi) is 3.93. The second-order valence-corrected chi connectivity index (χ2v) is 4.32. The zero-order valence-electron chi connectivity index (χ0n) is 10.1. The van der Waals surface area contributed by atoms with Gasteiger partial charge in [-0.1, -0.05) is 24.3 Å². The zero-order chi connectivity index (χ0) is 11.4. The fourth-order valence-corrected chi connectivity index (χ4v) is 2.26. The third kappa shape index (κ3) is 2.43. The van der Waals surface area contributed by atoms with Crippen LogP contribution in [0, 0.1) is 0 Å². The molecule has 0 spiro atoms. The molecule has 3 heteroatoms. The molecule has 0 bridgehead atoms. The lowest BCUT2D eigenvalue weighted by Gasteiger charge is -2.33. The first kappa shape index (κ1) is 11.6. The van der Waals surface area contributed by atoms with E-state index in [1.807, 2.05) is 0 Å². The molecule has 2 rings (SSSR count). The lowest BCUT2D eigenvalue weighted by molar-refractivity contribution is 0.135. The maximum atomic E-state index is 5.13. The summed E-state index contributed by atoms with van der Waals surface area (Å²) in [7, 11) is 3.91. The van der Waals surface area contributed by atoms with Gasteiger partial charge in [0.2, 0.25) is 0 Å². The van der Waals surface area contributed by atoms with Crippen LogP contribution in [0.15, 0.2) is 24.3 Å². The van der Waals surface area contributed by atoms with Crippen LogP contribution in [-0.4, -0.2) is 38.8 Å². The van der Waals surface area contributed by atoms with Crippen molar-refractivity contribution in [3.05, 3.63) is 35.4 Å². The summed E-state index contributed by atoms with van der Waals surface area (Å²) in [6, 6.07) is 9.16. The number of hydrogen-bond acceptors (Lipinski definition) is 3. The van der Waals surface area contributed by atoms with Gasteiger partial charge in [0, 0.05) is 32.8 Å². The summed E-state index contributed by atoms with van der Waals surface area (Å²) < 4.78 is 5.13. The monoisotopic (exact) mass is 220 g/mol. The van der Waals surface area contributed by atoms with Crippen molar-refractivity contribution in [3.63, 3.8) is 0 Å². The van der Waals surface area contributed by atoms with Crippen molar-refractivity contribution >= 4 is 0 Å². The van der Waals surface area contributed by atoms with Crippen LogP contribution in [0.1, 0.15) is 17.2 Å². The minimum Gasteiger partial charge on any atom is -0.383 e. The highest BCUT2D eigenvalue weighted by atomic mass is 16.5. The molecule has 16 heavy (non-hydrogen) atoms. The molecule has 1 N–H and O–H groups in total. The highest BCUT2D eigenvalue weighted by Crippen LogP contribution is 2.25. The standard InChI is InChI=1S/C13H20N2O/c1-15(7-8-16-2)13-10-14-9-11-5-3-4-6-12(11)13/h3-6,13-14H,7-10H2,1-2H3. The van der Waals surface area contributed by atoms with E-state index in [0.717, 1.165) is 26.2 Å². The van der Waals surface area contributed by atoms with E-state index in [9.17, 15) is 0 Å². The first-order valence-electron chi connectivity index (χ1n) is 5.80. The third-order valence-corrected chi connectivity index (χ3v) is 3.25. The summed E-state index contributed by atoms with van der Waals surface area (Å²) in [5, 5.41) is 3.47. The van der Waals surface area contributed by atoms with Gasteiger partial charge in [0.15, 0.2) is 0 Å². The molecule has 1 aromatic rings. The Morgan fingerprint density at radius 2 is 2.25 bits per heavy atom. The number of benzene rings is 1. The lowest BCUT2D eigenvalue weighted by Crippen LogP contribution is -2.39. The first-order valence-corrected chi connectivity index (χ1v) is 5.80. The van der Waals surface area contributed by atoms with Crippen molar-refractivity contribution in [2.24, 2.45) is 0 Å². The number of nitrogens with one attached hydrogen (secondary N) is 1. The molecule has 1 aliphatic rings. The molecule has 0 amide bonds. The minimum atomic E-state index is 0.472. The molecule has 0 fully saturated rings. The predicted molar refractivity (Wildman–Crippen MR) is 65.4 cm³/mol.